The average molecular weight is 256 g/mol. The summed E-state index contributed by atoms with van der Waals surface area (Å²) < 4.78 is 42.2. The molecule has 1 aromatic rings. The lowest BCUT2D eigenvalue weighted by molar-refractivity contribution is -0.388. The zero-order chi connectivity index (χ0) is 12.5. The highest BCUT2D eigenvalue weighted by molar-refractivity contribution is 6.33. The van der Waals surface area contributed by atoms with Gasteiger partial charge in [0, 0.05) is 6.07 Å². The van der Waals surface area contributed by atoms with E-state index in [0.717, 1.165) is 13.2 Å². The number of nitrogens with zero attached hydrogens (tertiary/aromatic N) is 1. The first-order valence-electron chi connectivity index (χ1n) is 3.87. The Kier molecular flexibility index (Phi) is 3.27. The van der Waals surface area contributed by atoms with Crippen LogP contribution in [0.1, 0.15) is 5.56 Å². The first-order chi connectivity index (χ1) is 7.29. The van der Waals surface area contributed by atoms with Crippen molar-refractivity contribution >= 4 is 17.3 Å². The third-order valence-corrected chi connectivity index (χ3v) is 2.16. The molecule has 0 radical (unpaired) electrons. The first kappa shape index (κ1) is 12.6. The van der Waals surface area contributed by atoms with E-state index in [9.17, 15) is 23.3 Å². The molecule has 0 heterocycles. The van der Waals surface area contributed by atoms with Gasteiger partial charge in [0.1, 0.15) is 10.8 Å². The third kappa shape index (κ3) is 2.19. The second-order valence-corrected chi connectivity index (χ2v) is 3.11. The normalized spacial score (nSPS) is 11.3. The number of rotatable bonds is 2. The zero-order valence-electron chi connectivity index (χ0n) is 7.84. The van der Waals surface area contributed by atoms with Gasteiger partial charge in [0.25, 0.3) is 5.69 Å². The van der Waals surface area contributed by atoms with Gasteiger partial charge in [-0.2, -0.15) is 13.2 Å². The molecule has 4 nitrogen and oxygen atoms in total. The van der Waals surface area contributed by atoms with Crippen molar-refractivity contribution in [2.75, 3.05) is 7.11 Å². The maximum absolute atomic E-state index is 12.5. The molecule has 1 aromatic carbocycles. The van der Waals surface area contributed by atoms with Gasteiger partial charge < -0.3 is 4.74 Å². The van der Waals surface area contributed by atoms with E-state index in [1.165, 1.54) is 0 Å². The van der Waals surface area contributed by atoms with Crippen LogP contribution in [0.5, 0.6) is 5.75 Å². The lowest BCUT2D eigenvalue weighted by Gasteiger charge is -2.11. The Hall–Kier alpha value is -1.50. The van der Waals surface area contributed by atoms with Crippen molar-refractivity contribution in [3.8, 4) is 5.75 Å². The van der Waals surface area contributed by atoms with Crippen molar-refractivity contribution in [2.24, 2.45) is 0 Å². The number of halogens is 4. The Balaban J connectivity index is 3.56. The molecule has 0 fully saturated rings. The molecule has 0 atom stereocenters. The quantitative estimate of drug-likeness (QED) is 0.602. The standard InChI is InChI=1S/C8H5ClF3NO3/c1-16-5-3-2-4(13(14)15)6(7(5)9)8(10,11)12/h2-3H,1H3. The molecule has 0 spiro atoms. The van der Waals surface area contributed by atoms with Gasteiger partial charge in [-0.15, -0.1) is 0 Å². The van der Waals surface area contributed by atoms with Gasteiger partial charge in [-0.25, -0.2) is 0 Å². The van der Waals surface area contributed by atoms with Crippen LogP contribution in [0.15, 0.2) is 12.1 Å². The first-order valence-corrected chi connectivity index (χ1v) is 4.25. The summed E-state index contributed by atoms with van der Waals surface area (Å²) in [5.74, 6) is -0.264. The van der Waals surface area contributed by atoms with Crippen LogP contribution in [0.25, 0.3) is 0 Å². The predicted molar refractivity (Wildman–Crippen MR) is 49.7 cm³/mol. The molecule has 1 rings (SSSR count). The van der Waals surface area contributed by atoms with Crippen LogP contribution in [0, 0.1) is 10.1 Å². The summed E-state index contributed by atoms with van der Waals surface area (Å²) in [4.78, 5) is 9.28. The Labute approximate surface area is 92.7 Å². The fourth-order valence-electron chi connectivity index (χ4n) is 1.13. The van der Waals surface area contributed by atoms with Crippen molar-refractivity contribution in [3.05, 3.63) is 32.8 Å². The molecule has 0 amide bonds. The minimum absolute atomic E-state index is 0.264. The van der Waals surface area contributed by atoms with Crippen LogP contribution >= 0.6 is 11.6 Å². The molecule has 88 valence electrons. The highest BCUT2D eigenvalue weighted by atomic mass is 35.5. The van der Waals surface area contributed by atoms with Crippen LogP contribution < -0.4 is 4.74 Å². The topological polar surface area (TPSA) is 52.4 Å². The van der Waals surface area contributed by atoms with Crippen LogP contribution in [0.4, 0.5) is 18.9 Å². The molecule has 0 saturated carbocycles. The van der Waals surface area contributed by atoms with Gasteiger partial charge in [-0.1, -0.05) is 11.6 Å². The van der Waals surface area contributed by atoms with E-state index in [2.05, 4.69) is 4.74 Å². The molecule has 0 aromatic heterocycles. The molecule has 0 saturated heterocycles. The van der Waals surface area contributed by atoms with Crippen molar-refractivity contribution in [3.63, 3.8) is 0 Å². The van der Waals surface area contributed by atoms with Gasteiger partial charge in [0.15, 0.2) is 5.56 Å². The van der Waals surface area contributed by atoms with E-state index in [4.69, 9.17) is 11.6 Å². The SMILES string of the molecule is COc1ccc([N+](=O)[O-])c(C(F)(F)F)c1Cl. The van der Waals surface area contributed by atoms with E-state index in [1.54, 1.807) is 0 Å². The minimum Gasteiger partial charge on any atom is -0.495 e. The van der Waals surface area contributed by atoms with Crippen molar-refractivity contribution in [2.45, 2.75) is 6.18 Å². The van der Waals surface area contributed by atoms with Crippen molar-refractivity contribution in [1.82, 2.24) is 0 Å². The zero-order valence-corrected chi connectivity index (χ0v) is 8.59. The molecule has 0 N–H and O–H groups in total. The molecule has 0 aliphatic heterocycles. The Morgan fingerprint density at radius 3 is 2.38 bits per heavy atom. The number of nitro groups is 1. The molecule has 0 aliphatic rings. The van der Waals surface area contributed by atoms with E-state index in [1.807, 2.05) is 0 Å². The fraction of sp³-hybridized carbons (Fsp3) is 0.250. The average Bonchev–Trinajstić information content (AvgIpc) is 2.14. The maximum Gasteiger partial charge on any atom is 0.424 e. The number of alkyl halides is 3. The van der Waals surface area contributed by atoms with E-state index < -0.39 is 27.4 Å². The van der Waals surface area contributed by atoms with Gasteiger partial charge in [0.05, 0.1) is 12.0 Å². The molecule has 0 aliphatic carbocycles. The van der Waals surface area contributed by atoms with E-state index in [0.29, 0.717) is 6.07 Å². The largest absolute Gasteiger partial charge is 0.495 e. The van der Waals surface area contributed by atoms with E-state index in [-0.39, 0.29) is 5.75 Å². The number of hydrogen-bond acceptors (Lipinski definition) is 3. The fourth-order valence-corrected chi connectivity index (χ4v) is 1.47. The second-order valence-electron chi connectivity index (χ2n) is 2.73. The monoisotopic (exact) mass is 255 g/mol. The molecule has 8 heteroatoms. The Bertz CT molecular complexity index is 433. The number of methoxy groups -OCH3 is 1. The van der Waals surface area contributed by atoms with Gasteiger partial charge in [0.2, 0.25) is 0 Å². The second kappa shape index (κ2) is 4.17. The Morgan fingerprint density at radius 1 is 1.44 bits per heavy atom. The van der Waals surface area contributed by atoms with Gasteiger partial charge >= 0.3 is 6.18 Å². The van der Waals surface area contributed by atoms with Crippen LogP contribution in [-0.4, -0.2) is 12.0 Å². The summed E-state index contributed by atoms with van der Waals surface area (Å²) in [6.45, 7) is 0. The summed E-state index contributed by atoms with van der Waals surface area (Å²) in [6.07, 6.45) is -4.91. The lowest BCUT2D eigenvalue weighted by atomic mass is 10.1. The summed E-state index contributed by atoms with van der Waals surface area (Å²) in [5.41, 5.74) is -2.60. The van der Waals surface area contributed by atoms with Crippen molar-refractivity contribution < 1.29 is 22.8 Å². The molecular weight excluding hydrogens is 251 g/mol. The number of nitro benzene ring substituents is 1. The highest BCUT2D eigenvalue weighted by Crippen LogP contribution is 2.44. The minimum atomic E-state index is -4.91. The predicted octanol–water partition coefficient (Wildman–Crippen LogP) is 3.28. The summed E-state index contributed by atoms with van der Waals surface area (Å²) >= 11 is 5.39. The smallest absolute Gasteiger partial charge is 0.424 e. The maximum atomic E-state index is 12.5. The lowest BCUT2D eigenvalue weighted by Crippen LogP contribution is -2.10. The Morgan fingerprint density at radius 2 is 2.00 bits per heavy atom. The number of hydrogen-bond donors (Lipinski definition) is 0. The summed E-state index contributed by atoms with van der Waals surface area (Å²) in [7, 11) is 1.12. The van der Waals surface area contributed by atoms with Gasteiger partial charge in [-0.3, -0.25) is 10.1 Å². The van der Waals surface area contributed by atoms with E-state index >= 15 is 0 Å². The molecule has 16 heavy (non-hydrogen) atoms. The van der Waals surface area contributed by atoms with Crippen LogP contribution in [-0.2, 0) is 6.18 Å². The summed E-state index contributed by atoms with van der Waals surface area (Å²) in [5, 5.41) is 9.61. The number of benzene rings is 1. The van der Waals surface area contributed by atoms with Gasteiger partial charge in [-0.05, 0) is 6.07 Å². The molecule has 0 unspecified atom stereocenters. The van der Waals surface area contributed by atoms with Crippen molar-refractivity contribution in [1.29, 1.82) is 0 Å². The number of ether oxygens (including phenoxy) is 1. The highest BCUT2D eigenvalue weighted by Gasteiger charge is 2.42. The molecular formula is C8H5ClF3NO3. The van der Waals surface area contributed by atoms with Crippen LogP contribution in [0.2, 0.25) is 5.02 Å². The summed E-state index contributed by atoms with van der Waals surface area (Å²) in [6, 6.07) is 1.71. The third-order valence-electron chi connectivity index (χ3n) is 1.78. The van der Waals surface area contributed by atoms with Crippen LogP contribution in [0.3, 0.4) is 0 Å². The molecule has 0 bridgehead atoms.